The van der Waals surface area contributed by atoms with Crippen LogP contribution in [0, 0.1) is 0 Å². The Hall–Kier alpha value is -1.44. The zero-order chi connectivity index (χ0) is 11.1. The van der Waals surface area contributed by atoms with Crippen molar-refractivity contribution >= 4 is 6.08 Å². The molecule has 0 radical (unpaired) electrons. The molecule has 1 N–H and O–H groups in total. The number of nitrogens with zero attached hydrogens (tertiary/aromatic N) is 1. The summed E-state index contributed by atoms with van der Waals surface area (Å²) in [7, 11) is 0. The number of isocyanates is 1. The third kappa shape index (κ3) is 3.01. The van der Waals surface area contributed by atoms with Gasteiger partial charge in [0.15, 0.2) is 5.72 Å². The predicted octanol–water partition coefficient (Wildman–Crippen LogP) is 2.36. The van der Waals surface area contributed by atoms with E-state index in [4.69, 9.17) is 0 Å². The topological polar surface area (TPSA) is 49.7 Å². The highest BCUT2D eigenvalue weighted by molar-refractivity contribution is 5.36. The van der Waals surface area contributed by atoms with Crippen molar-refractivity contribution in [1.82, 2.24) is 0 Å². The molecule has 0 heterocycles. The maximum absolute atomic E-state index is 10.3. The fourth-order valence-electron chi connectivity index (χ4n) is 1.47. The Morgan fingerprint density at radius 3 is 2.60 bits per heavy atom. The van der Waals surface area contributed by atoms with Crippen LogP contribution in [0.25, 0.3) is 0 Å². The molecule has 1 aromatic rings. The minimum atomic E-state index is -1.40. The average molecular weight is 205 g/mol. The van der Waals surface area contributed by atoms with Gasteiger partial charge in [0.2, 0.25) is 6.08 Å². The number of benzene rings is 1. The standard InChI is InChI=1S/C12H15NO2/c1-2-3-9-12(15,13-10-14)11-7-5-4-6-8-11/h4-8,15H,2-3,9H2,1H3. The van der Waals surface area contributed by atoms with E-state index in [1.807, 2.05) is 25.1 Å². The van der Waals surface area contributed by atoms with Gasteiger partial charge in [0.25, 0.3) is 0 Å². The Labute approximate surface area is 89.5 Å². The van der Waals surface area contributed by atoms with E-state index in [0.717, 1.165) is 12.8 Å². The first-order valence-corrected chi connectivity index (χ1v) is 5.10. The van der Waals surface area contributed by atoms with Crippen molar-refractivity contribution in [2.75, 3.05) is 0 Å². The number of aliphatic hydroxyl groups is 1. The van der Waals surface area contributed by atoms with Crippen molar-refractivity contribution in [3.63, 3.8) is 0 Å². The minimum Gasteiger partial charge on any atom is -0.365 e. The highest BCUT2D eigenvalue weighted by Crippen LogP contribution is 2.27. The number of hydrogen-bond donors (Lipinski definition) is 1. The molecular formula is C12H15NO2. The molecule has 0 spiro atoms. The minimum absolute atomic E-state index is 0.447. The lowest BCUT2D eigenvalue weighted by Gasteiger charge is -2.21. The van der Waals surface area contributed by atoms with E-state index in [9.17, 15) is 9.90 Å². The maximum atomic E-state index is 10.3. The van der Waals surface area contributed by atoms with Crippen molar-refractivity contribution < 1.29 is 9.90 Å². The molecule has 3 heteroatoms. The van der Waals surface area contributed by atoms with Crippen LogP contribution in [-0.4, -0.2) is 11.2 Å². The molecule has 0 aliphatic rings. The molecule has 0 bridgehead atoms. The van der Waals surface area contributed by atoms with Crippen LogP contribution in [0.2, 0.25) is 0 Å². The zero-order valence-electron chi connectivity index (χ0n) is 8.81. The maximum Gasteiger partial charge on any atom is 0.238 e. The highest BCUT2D eigenvalue weighted by Gasteiger charge is 2.27. The summed E-state index contributed by atoms with van der Waals surface area (Å²) in [5.41, 5.74) is -0.763. The lowest BCUT2D eigenvalue weighted by Crippen LogP contribution is -2.22. The van der Waals surface area contributed by atoms with Gasteiger partial charge in [0, 0.05) is 12.0 Å². The molecule has 0 fully saturated rings. The molecule has 3 nitrogen and oxygen atoms in total. The molecule has 1 atom stereocenters. The summed E-state index contributed by atoms with van der Waals surface area (Å²) in [6, 6.07) is 9.00. The first-order valence-electron chi connectivity index (χ1n) is 5.10. The van der Waals surface area contributed by atoms with E-state index in [1.54, 1.807) is 12.1 Å². The van der Waals surface area contributed by atoms with Crippen LogP contribution in [0.4, 0.5) is 0 Å². The monoisotopic (exact) mass is 205 g/mol. The molecule has 0 aliphatic heterocycles. The van der Waals surface area contributed by atoms with E-state index in [-0.39, 0.29) is 0 Å². The fraction of sp³-hybridized carbons (Fsp3) is 0.417. The lowest BCUT2D eigenvalue weighted by atomic mass is 9.98. The first-order chi connectivity index (χ1) is 7.23. The van der Waals surface area contributed by atoms with E-state index in [0.29, 0.717) is 12.0 Å². The smallest absolute Gasteiger partial charge is 0.238 e. The number of carbonyl (C=O) groups excluding carboxylic acids is 1. The fourth-order valence-corrected chi connectivity index (χ4v) is 1.47. The Bertz CT molecular complexity index is 344. The summed E-state index contributed by atoms with van der Waals surface area (Å²) in [5.74, 6) is 0. The summed E-state index contributed by atoms with van der Waals surface area (Å²) >= 11 is 0. The molecule has 1 rings (SSSR count). The van der Waals surface area contributed by atoms with Crippen LogP contribution >= 0.6 is 0 Å². The summed E-state index contributed by atoms with van der Waals surface area (Å²) in [6.45, 7) is 2.02. The van der Waals surface area contributed by atoms with Gasteiger partial charge in [-0.15, -0.1) is 0 Å². The molecule has 1 aromatic carbocycles. The normalized spacial score (nSPS) is 14.0. The second-order valence-electron chi connectivity index (χ2n) is 3.49. The van der Waals surface area contributed by atoms with E-state index in [2.05, 4.69) is 4.99 Å². The van der Waals surface area contributed by atoms with Crippen LogP contribution in [-0.2, 0) is 10.5 Å². The van der Waals surface area contributed by atoms with Gasteiger partial charge in [-0.2, -0.15) is 4.99 Å². The molecule has 1 unspecified atom stereocenters. The number of rotatable bonds is 5. The van der Waals surface area contributed by atoms with Crippen molar-refractivity contribution in [3.8, 4) is 0 Å². The number of aliphatic imine (C=N–C) groups is 1. The lowest BCUT2D eigenvalue weighted by molar-refractivity contribution is 0.0348. The second-order valence-corrected chi connectivity index (χ2v) is 3.49. The van der Waals surface area contributed by atoms with E-state index in [1.165, 1.54) is 6.08 Å². The number of hydrogen-bond acceptors (Lipinski definition) is 3. The molecule has 0 saturated carbocycles. The number of unbranched alkanes of at least 4 members (excludes halogenated alkanes) is 1. The molecule has 0 saturated heterocycles. The zero-order valence-corrected chi connectivity index (χ0v) is 8.81. The quantitative estimate of drug-likeness (QED) is 0.592. The van der Waals surface area contributed by atoms with Gasteiger partial charge in [-0.3, -0.25) is 0 Å². The second kappa shape index (κ2) is 5.44. The Kier molecular flexibility index (Phi) is 4.22. The third-order valence-electron chi connectivity index (χ3n) is 2.35. The van der Waals surface area contributed by atoms with Crippen LogP contribution in [0.5, 0.6) is 0 Å². The van der Waals surface area contributed by atoms with Gasteiger partial charge in [-0.1, -0.05) is 43.7 Å². The summed E-state index contributed by atoms with van der Waals surface area (Å²) in [4.78, 5) is 13.8. The van der Waals surface area contributed by atoms with Gasteiger partial charge < -0.3 is 5.11 Å². The van der Waals surface area contributed by atoms with Gasteiger partial charge in [-0.05, 0) is 6.42 Å². The van der Waals surface area contributed by atoms with Crippen molar-refractivity contribution in [1.29, 1.82) is 0 Å². The SMILES string of the molecule is CCCCC(O)(N=C=O)c1ccccc1. The third-order valence-corrected chi connectivity index (χ3v) is 2.35. The molecule has 0 aromatic heterocycles. The molecule has 15 heavy (non-hydrogen) atoms. The van der Waals surface area contributed by atoms with Gasteiger partial charge >= 0.3 is 0 Å². The molecule has 0 aliphatic carbocycles. The van der Waals surface area contributed by atoms with Crippen LogP contribution < -0.4 is 0 Å². The average Bonchev–Trinajstić information content (AvgIpc) is 2.28. The van der Waals surface area contributed by atoms with Gasteiger partial charge in [-0.25, -0.2) is 4.79 Å². The van der Waals surface area contributed by atoms with Gasteiger partial charge in [0.1, 0.15) is 0 Å². The highest BCUT2D eigenvalue weighted by atomic mass is 16.3. The summed E-state index contributed by atoms with van der Waals surface area (Å²) in [6.07, 6.45) is 3.65. The van der Waals surface area contributed by atoms with Crippen LogP contribution in [0.1, 0.15) is 31.7 Å². The van der Waals surface area contributed by atoms with Crippen molar-refractivity contribution in [3.05, 3.63) is 35.9 Å². The first kappa shape index (κ1) is 11.6. The van der Waals surface area contributed by atoms with Crippen LogP contribution in [0.3, 0.4) is 0 Å². The Morgan fingerprint density at radius 2 is 2.07 bits per heavy atom. The Morgan fingerprint density at radius 1 is 1.40 bits per heavy atom. The van der Waals surface area contributed by atoms with Crippen LogP contribution in [0.15, 0.2) is 35.3 Å². The van der Waals surface area contributed by atoms with E-state index < -0.39 is 5.72 Å². The molecule has 80 valence electrons. The molecular weight excluding hydrogens is 190 g/mol. The summed E-state index contributed by atoms with van der Waals surface area (Å²) in [5, 5.41) is 10.2. The van der Waals surface area contributed by atoms with Crippen molar-refractivity contribution in [2.45, 2.75) is 31.9 Å². The largest absolute Gasteiger partial charge is 0.365 e. The van der Waals surface area contributed by atoms with Gasteiger partial charge in [0.05, 0.1) is 0 Å². The van der Waals surface area contributed by atoms with Crippen molar-refractivity contribution in [2.24, 2.45) is 4.99 Å². The predicted molar refractivity (Wildman–Crippen MR) is 58.0 cm³/mol. The Balaban J connectivity index is 2.95. The molecule has 0 amide bonds. The van der Waals surface area contributed by atoms with E-state index >= 15 is 0 Å². The summed E-state index contributed by atoms with van der Waals surface area (Å²) < 4.78 is 0.